The highest BCUT2D eigenvalue weighted by molar-refractivity contribution is 6.30. The summed E-state index contributed by atoms with van der Waals surface area (Å²) in [4.78, 5) is 11.6. The molecule has 0 aliphatic carbocycles. The van der Waals surface area contributed by atoms with Crippen LogP contribution in [0.15, 0.2) is 18.2 Å². The lowest BCUT2D eigenvalue weighted by Gasteiger charge is -2.20. The Hall–Kier alpha value is -1.30. The number of ether oxygens (including phenoxy) is 4. The number of halogens is 1. The summed E-state index contributed by atoms with van der Waals surface area (Å²) in [5.74, 6) is 0.0974. The van der Waals surface area contributed by atoms with Gasteiger partial charge in [-0.15, -0.1) is 0 Å². The lowest BCUT2D eigenvalue weighted by Crippen LogP contribution is -2.28. The van der Waals surface area contributed by atoms with Crippen molar-refractivity contribution in [3.05, 3.63) is 28.8 Å². The molecule has 1 fully saturated rings. The van der Waals surface area contributed by atoms with Crippen molar-refractivity contribution in [3.63, 3.8) is 0 Å². The van der Waals surface area contributed by atoms with Crippen LogP contribution in [0.2, 0.25) is 5.02 Å². The van der Waals surface area contributed by atoms with Crippen molar-refractivity contribution in [2.75, 3.05) is 20.3 Å². The number of hydrogen-bond acceptors (Lipinski definition) is 5. The van der Waals surface area contributed by atoms with E-state index in [4.69, 9.17) is 30.5 Å². The first-order chi connectivity index (χ1) is 9.65. The van der Waals surface area contributed by atoms with Crippen molar-refractivity contribution in [1.82, 2.24) is 0 Å². The zero-order chi connectivity index (χ0) is 14.5. The maximum Gasteiger partial charge on any atom is 0.347 e. The third-order valence-electron chi connectivity index (χ3n) is 2.95. The molecule has 1 aromatic carbocycles. The lowest BCUT2D eigenvalue weighted by atomic mass is 10.2. The van der Waals surface area contributed by atoms with Crippen LogP contribution in [0.25, 0.3) is 0 Å². The maximum atomic E-state index is 11.6. The van der Waals surface area contributed by atoms with Crippen LogP contribution >= 0.6 is 11.6 Å². The Bertz CT molecular complexity index is 471. The van der Waals surface area contributed by atoms with Gasteiger partial charge in [0, 0.05) is 5.02 Å². The highest BCUT2D eigenvalue weighted by Gasteiger charge is 2.26. The Kier molecular flexibility index (Phi) is 5.23. The summed E-state index contributed by atoms with van der Waals surface area (Å²) in [6.07, 6.45) is -0.679. The van der Waals surface area contributed by atoms with Crippen LogP contribution in [0.1, 0.15) is 25.2 Å². The fraction of sp³-hybridized carbons (Fsp3) is 0.500. The normalized spacial score (nSPS) is 16.9. The van der Waals surface area contributed by atoms with E-state index in [0.717, 1.165) is 0 Å². The molecule has 20 heavy (non-hydrogen) atoms. The number of hydrogen-bond donors (Lipinski definition) is 0. The minimum Gasteiger partial charge on any atom is -0.478 e. The first-order valence-corrected chi connectivity index (χ1v) is 6.80. The van der Waals surface area contributed by atoms with Gasteiger partial charge in [0.25, 0.3) is 0 Å². The Morgan fingerprint density at radius 3 is 2.75 bits per heavy atom. The SMILES string of the molecule is CCC(Oc1ccc(Cl)cc1C1OCCO1)C(=O)OC. The highest BCUT2D eigenvalue weighted by atomic mass is 35.5. The fourth-order valence-corrected chi connectivity index (χ4v) is 2.11. The average Bonchev–Trinajstić information content (AvgIpc) is 2.99. The van der Waals surface area contributed by atoms with Crippen molar-refractivity contribution in [2.45, 2.75) is 25.7 Å². The third kappa shape index (κ3) is 3.42. The van der Waals surface area contributed by atoms with E-state index in [1.165, 1.54) is 7.11 Å². The van der Waals surface area contributed by atoms with Gasteiger partial charge in [-0.05, 0) is 24.6 Å². The number of carbonyl (C=O) groups is 1. The van der Waals surface area contributed by atoms with Crippen molar-refractivity contribution in [3.8, 4) is 5.75 Å². The average molecular weight is 301 g/mol. The topological polar surface area (TPSA) is 54.0 Å². The van der Waals surface area contributed by atoms with Gasteiger partial charge in [0.1, 0.15) is 5.75 Å². The predicted octanol–water partition coefficient (Wildman–Crippen LogP) is 2.72. The van der Waals surface area contributed by atoms with E-state index in [2.05, 4.69) is 0 Å². The minimum absolute atomic E-state index is 0.415. The van der Waals surface area contributed by atoms with E-state index in [9.17, 15) is 4.79 Å². The molecule has 1 unspecified atom stereocenters. The third-order valence-corrected chi connectivity index (χ3v) is 3.19. The largest absolute Gasteiger partial charge is 0.478 e. The van der Waals surface area contributed by atoms with Crippen molar-refractivity contribution in [1.29, 1.82) is 0 Å². The second-order valence-corrected chi connectivity index (χ2v) is 4.73. The quantitative estimate of drug-likeness (QED) is 0.783. The maximum absolute atomic E-state index is 11.6. The van der Waals surface area contributed by atoms with E-state index in [1.807, 2.05) is 6.92 Å². The Morgan fingerprint density at radius 2 is 2.15 bits per heavy atom. The van der Waals surface area contributed by atoms with Gasteiger partial charge in [-0.25, -0.2) is 4.79 Å². The molecular weight excluding hydrogens is 284 g/mol. The molecular formula is C14H17ClO5. The summed E-state index contributed by atoms with van der Waals surface area (Å²) in [5.41, 5.74) is 0.678. The molecule has 1 saturated heterocycles. The Morgan fingerprint density at radius 1 is 1.45 bits per heavy atom. The molecule has 1 aliphatic heterocycles. The summed E-state index contributed by atoms with van der Waals surface area (Å²) in [6, 6.07) is 5.12. The second-order valence-electron chi connectivity index (χ2n) is 4.29. The molecule has 0 saturated carbocycles. The van der Waals surface area contributed by atoms with Gasteiger partial charge in [0.05, 0.1) is 25.9 Å². The van der Waals surface area contributed by atoms with Crippen molar-refractivity contribution >= 4 is 17.6 Å². The molecule has 0 aromatic heterocycles. The molecule has 1 heterocycles. The fourth-order valence-electron chi connectivity index (χ4n) is 1.93. The van der Waals surface area contributed by atoms with E-state index in [-0.39, 0.29) is 0 Å². The van der Waals surface area contributed by atoms with E-state index < -0.39 is 18.4 Å². The Balaban J connectivity index is 2.23. The van der Waals surface area contributed by atoms with Crippen LogP contribution in [-0.2, 0) is 19.0 Å². The zero-order valence-corrected chi connectivity index (χ0v) is 12.2. The number of carbonyl (C=O) groups excluding carboxylic acids is 1. The summed E-state index contributed by atoms with van der Waals surface area (Å²) >= 11 is 6.00. The number of benzene rings is 1. The van der Waals surface area contributed by atoms with Crippen LogP contribution in [0.5, 0.6) is 5.75 Å². The van der Waals surface area contributed by atoms with Gasteiger partial charge in [-0.1, -0.05) is 18.5 Å². The summed E-state index contributed by atoms with van der Waals surface area (Å²) in [5, 5.41) is 0.553. The summed E-state index contributed by atoms with van der Waals surface area (Å²) in [7, 11) is 1.33. The van der Waals surface area contributed by atoms with Crippen LogP contribution < -0.4 is 4.74 Å². The highest BCUT2D eigenvalue weighted by Crippen LogP contribution is 2.34. The van der Waals surface area contributed by atoms with Crippen LogP contribution in [-0.4, -0.2) is 32.4 Å². The molecule has 0 N–H and O–H groups in total. The standard InChI is InChI=1S/C14H17ClO5/c1-3-11(13(16)17-2)20-12-5-4-9(15)8-10(12)14-18-6-7-19-14/h4-5,8,11,14H,3,6-7H2,1-2H3. The predicted molar refractivity (Wildman–Crippen MR) is 72.8 cm³/mol. The monoisotopic (exact) mass is 300 g/mol. The molecule has 2 rings (SSSR count). The van der Waals surface area contributed by atoms with Gasteiger partial charge in [-0.2, -0.15) is 0 Å². The molecule has 0 radical (unpaired) electrons. The lowest BCUT2D eigenvalue weighted by molar-refractivity contribution is -0.149. The van der Waals surface area contributed by atoms with Crippen LogP contribution in [0.4, 0.5) is 0 Å². The number of rotatable bonds is 5. The van der Waals surface area contributed by atoms with Crippen LogP contribution in [0, 0.1) is 0 Å². The second kappa shape index (κ2) is 6.92. The van der Waals surface area contributed by atoms with Gasteiger partial charge < -0.3 is 18.9 Å². The number of esters is 1. The van der Waals surface area contributed by atoms with Crippen molar-refractivity contribution in [2.24, 2.45) is 0 Å². The zero-order valence-electron chi connectivity index (χ0n) is 11.4. The molecule has 0 amide bonds. The molecule has 0 spiro atoms. The first-order valence-electron chi connectivity index (χ1n) is 6.42. The Labute approximate surface area is 122 Å². The van der Waals surface area contributed by atoms with Crippen LogP contribution in [0.3, 0.4) is 0 Å². The molecule has 0 bridgehead atoms. The van der Waals surface area contributed by atoms with Gasteiger partial charge in [0.2, 0.25) is 0 Å². The molecule has 1 atom stereocenters. The van der Waals surface area contributed by atoms with Gasteiger partial charge in [-0.3, -0.25) is 0 Å². The van der Waals surface area contributed by atoms with Crippen molar-refractivity contribution < 1.29 is 23.7 Å². The van der Waals surface area contributed by atoms with E-state index in [0.29, 0.717) is 36.0 Å². The molecule has 6 heteroatoms. The smallest absolute Gasteiger partial charge is 0.347 e. The van der Waals surface area contributed by atoms with E-state index >= 15 is 0 Å². The molecule has 1 aromatic rings. The minimum atomic E-state index is -0.665. The van der Waals surface area contributed by atoms with Gasteiger partial charge in [0.15, 0.2) is 12.4 Å². The first kappa shape index (κ1) is 15.1. The summed E-state index contributed by atoms with van der Waals surface area (Å²) in [6.45, 7) is 2.88. The van der Waals surface area contributed by atoms with E-state index in [1.54, 1.807) is 18.2 Å². The molecule has 110 valence electrons. The number of methoxy groups -OCH3 is 1. The van der Waals surface area contributed by atoms with Gasteiger partial charge >= 0.3 is 5.97 Å². The molecule has 1 aliphatic rings. The molecule has 5 nitrogen and oxygen atoms in total. The summed E-state index contributed by atoms with van der Waals surface area (Å²) < 4.78 is 21.4.